The summed E-state index contributed by atoms with van der Waals surface area (Å²) in [7, 11) is 0. The number of aromatic hydroxyl groups is 1. The number of nitrogens with zero attached hydrogens (tertiary/aromatic N) is 1. The van der Waals surface area contributed by atoms with Crippen LogP contribution in [-0.2, 0) is 11.4 Å². The zero-order valence-corrected chi connectivity index (χ0v) is 14.2. The van der Waals surface area contributed by atoms with Crippen LogP contribution in [0, 0.1) is 5.92 Å². The summed E-state index contributed by atoms with van der Waals surface area (Å²) in [5.41, 5.74) is -0.553. The number of imidazole rings is 1. The Morgan fingerprint density at radius 2 is 1.96 bits per heavy atom. The van der Waals surface area contributed by atoms with E-state index in [0.717, 1.165) is 9.04 Å². The Kier molecular flexibility index (Phi) is 5.15. The third kappa shape index (κ3) is 3.76. The molecule has 1 aromatic heterocycles. The van der Waals surface area contributed by atoms with Gasteiger partial charge in [-0.3, -0.25) is 0 Å². The number of aromatic amines is 1. The molecule has 2 aromatic rings. The number of carbonyl (C=O) groups is 1. The first kappa shape index (κ1) is 17.1. The number of benzene rings is 1. The molecule has 7 nitrogen and oxygen atoms in total. The molecule has 1 aromatic carbocycles. The molecule has 0 saturated carbocycles. The van der Waals surface area contributed by atoms with Crippen LogP contribution in [0.15, 0.2) is 33.5 Å². The molecule has 0 fully saturated rings. The lowest BCUT2D eigenvalue weighted by atomic mass is 10.0. The summed E-state index contributed by atoms with van der Waals surface area (Å²) in [5, 5.41) is 19.4. The molecular formula is C15H17BrN2O5. The number of aromatic nitrogens is 2. The largest absolute Gasteiger partial charge is 0.493 e. The van der Waals surface area contributed by atoms with E-state index in [9.17, 15) is 19.8 Å². The van der Waals surface area contributed by atoms with Crippen LogP contribution in [-0.4, -0.2) is 25.7 Å². The highest BCUT2D eigenvalue weighted by atomic mass is 79.9. The highest BCUT2D eigenvalue weighted by Crippen LogP contribution is 2.25. The number of halogens is 1. The zero-order chi connectivity index (χ0) is 17.1. The van der Waals surface area contributed by atoms with E-state index < -0.39 is 23.6 Å². The number of H-pyrrole nitrogens is 1. The van der Waals surface area contributed by atoms with Gasteiger partial charge in [-0.1, -0.05) is 29.8 Å². The van der Waals surface area contributed by atoms with Crippen LogP contribution < -0.4 is 10.4 Å². The standard InChI is InChI=1S/C15H17BrN2O5/c1-8(2)12(14(20)21)18-13(19)11(17-15(18)22)7-23-10-5-3-9(16)4-6-10/h3-6,8,12,19H,7H2,1-2H3,(H,17,22)(H,20,21)/t12-/m1/s1. The second kappa shape index (κ2) is 6.91. The predicted molar refractivity (Wildman–Crippen MR) is 86.7 cm³/mol. The molecule has 1 atom stereocenters. The molecule has 2 rings (SSSR count). The fraction of sp³-hybridized carbons (Fsp3) is 0.333. The highest BCUT2D eigenvalue weighted by molar-refractivity contribution is 9.10. The molecule has 0 spiro atoms. The number of aliphatic carboxylic acids is 1. The lowest BCUT2D eigenvalue weighted by Gasteiger charge is -2.17. The highest BCUT2D eigenvalue weighted by Gasteiger charge is 2.29. The molecule has 0 unspecified atom stereocenters. The molecular weight excluding hydrogens is 368 g/mol. The molecule has 124 valence electrons. The maximum absolute atomic E-state index is 12.0. The number of ether oxygens (including phenoxy) is 1. The molecule has 0 saturated heterocycles. The third-order valence-electron chi connectivity index (χ3n) is 3.33. The van der Waals surface area contributed by atoms with Crippen molar-refractivity contribution in [1.82, 2.24) is 9.55 Å². The van der Waals surface area contributed by atoms with Crippen LogP contribution in [0.4, 0.5) is 0 Å². The van der Waals surface area contributed by atoms with Gasteiger partial charge < -0.3 is 19.9 Å². The van der Waals surface area contributed by atoms with Crippen molar-refractivity contribution >= 4 is 21.9 Å². The summed E-state index contributed by atoms with van der Waals surface area (Å²) in [6.07, 6.45) is 0. The molecule has 0 amide bonds. The van der Waals surface area contributed by atoms with Gasteiger partial charge in [-0.15, -0.1) is 0 Å². The second-order valence-corrected chi connectivity index (χ2v) is 6.29. The molecule has 0 aliphatic heterocycles. The number of nitrogens with one attached hydrogen (secondary N) is 1. The van der Waals surface area contributed by atoms with Crippen molar-refractivity contribution in [2.24, 2.45) is 5.92 Å². The van der Waals surface area contributed by atoms with E-state index in [0.29, 0.717) is 5.75 Å². The first-order chi connectivity index (χ1) is 10.8. The van der Waals surface area contributed by atoms with E-state index in [4.69, 9.17) is 4.74 Å². The molecule has 3 N–H and O–H groups in total. The van der Waals surface area contributed by atoms with E-state index >= 15 is 0 Å². The minimum Gasteiger partial charge on any atom is -0.493 e. The number of hydrogen-bond acceptors (Lipinski definition) is 4. The van der Waals surface area contributed by atoms with Crippen molar-refractivity contribution in [3.8, 4) is 11.6 Å². The Balaban J connectivity index is 2.25. The third-order valence-corrected chi connectivity index (χ3v) is 3.86. The number of carboxylic acids is 1. The monoisotopic (exact) mass is 384 g/mol. The van der Waals surface area contributed by atoms with Crippen LogP contribution in [0.3, 0.4) is 0 Å². The van der Waals surface area contributed by atoms with Crippen molar-refractivity contribution in [3.63, 3.8) is 0 Å². The molecule has 0 bridgehead atoms. The first-order valence-electron chi connectivity index (χ1n) is 6.94. The minimum atomic E-state index is -1.18. The van der Waals surface area contributed by atoms with Gasteiger partial charge in [0.2, 0.25) is 5.88 Å². The summed E-state index contributed by atoms with van der Waals surface area (Å²) in [6, 6.07) is 5.89. The average molecular weight is 385 g/mol. The lowest BCUT2D eigenvalue weighted by Crippen LogP contribution is -2.31. The maximum atomic E-state index is 12.0. The van der Waals surface area contributed by atoms with Crippen molar-refractivity contribution in [2.45, 2.75) is 26.5 Å². The quantitative estimate of drug-likeness (QED) is 0.709. The van der Waals surface area contributed by atoms with E-state index in [1.807, 2.05) is 0 Å². The average Bonchev–Trinajstić information content (AvgIpc) is 2.74. The van der Waals surface area contributed by atoms with Gasteiger partial charge in [0.15, 0.2) is 0 Å². The fourth-order valence-electron chi connectivity index (χ4n) is 2.23. The van der Waals surface area contributed by atoms with Crippen molar-refractivity contribution < 1.29 is 19.7 Å². The summed E-state index contributed by atoms with van der Waals surface area (Å²) >= 11 is 3.31. The van der Waals surface area contributed by atoms with Crippen molar-refractivity contribution in [1.29, 1.82) is 0 Å². The van der Waals surface area contributed by atoms with Gasteiger partial charge >= 0.3 is 11.7 Å². The normalized spacial score (nSPS) is 12.3. The summed E-state index contributed by atoms with van der Waals surface area (Å²) < 4.78 is 7.22. The molecule has 8 heteroatoms. The summed E-state index contributed by atoms with van der Waals surface area (Å²) in [6.45, 7) is 3.24. The lowest BCUT2D eigenvalue weighted by molar-refractivity contribution is -0.142. The Bertz CT molecular complexity index is 748. The van der Waals surface area contributed by atoms with E-state index in [1.165, 1.54) is 0 Å². The van der Waals surface area contributed by atoms with E-state index in [1.54, 1.807) is 38.1 Å². The Morgan fingerprint density at radius 3 is 2.48 bits per heavy atom. The van der Waals surface area contributed by atoms with E-state index in [2.05, 4.69) is 20.9 Å². The number of hydrogen-bond donors (Lipinski definition) is 3. The Labute approximate surface area is 140 Å². The van der Waals surface area contributed by atoms with Crippen LogP contribution in [0.25, 0.3) is 0 Å². The molecule has 23 heavy (non-hydrogen) atoms. The molecule has 0 aliphatic carbocycles. The Morgan fingerprint density at radius 1 is 1.35 bits per heavy atom. The molecule has 1 heterocycles. The van der Waals surface area contributed by atoms with Gasteiger partial charge in [-0.25, -0.2) is 14.2 Å². The summed E-state index contributed by atoms with van der Waals surface area (Å²) in [5.74, 6) is -1.42. The van der Waals surface area contributed by atoms with Gasteiger partial charge in [-0.05, 0) is 30.2 Å². The van der Waals surface area contributed by atoms with Gasteiger partial charge in [0.05, 0.1) is 0 Å². The first-order valence-corrected chi connectivity index (χ1v) is 7.74. The van der Waals surface area contributed by atoms with Crippen LogP contribution in [0.5, 0.6) is 11.6 Å². The summed E-state index contributed by atoms with van der Waals surface area (Å²) in [4.78, 5) is 25.8. The minimum absolute atomic E-state index is 0.0832. The van der Waals surface area contributed by atoms with E-state index in [-0.39, 0.29) is 18.2 Å². The van der Waals surface area contributed by atoms with Crippen molar-refractivity contribution in [2.75, 3.05) is 0 Å². The second-order valence-electron chi connectivity index (χ2n) is 5.37. The number of rotatable bonds is 6. The topological polar surface area (TPSA) is 105 Å². The van der Waals surface area contributed by atoms with Crippen LogP contribution in [0.2, 0.25) is 0 Å². The molecule has 0 aliphatic rings. The van der Waals surface area contributed by atoms with Gasteiger partial charge in [0.1, 0.15) is 24.1 Å². The maximum Gasteiger partial charge on any atom is 0.329 e. The van der Waals surface area contributed by atoms with Crippen molar-refractivity contribution in [3.05, 3.63) is 44.9 Å². The fourth-order valence-corrected chi connectivity index (χ4v) is 2.49. The SMILES string of the molecule is CC(C)[C@H](C(=O)O)n1c(O)c(COc2ccc(Br)cc2)[nH]c1=O. The molecule has 0 radical (unpaired) electrons. The predicted octanol–water partition coefficient (Wildman–Crippen LogP) is 2.51. The van der Waals surface area contributed by atoms with Crippen LogP contribution in [0.1, 0.15) is 25.6 Å². The van der Waals surface area contributed by atoms with Gasteiger partial charge in [0, 0.05) is 4.47 Å². The van der Waals surface area contributed by atoms with Gasteiger partial charge in [-0.2, -0.15) is 0 Å². The number of carboxylic acid groups (broad SMARTS) is 1. The Hall–Kier alpha value is -2.22. The van der Waals surface area contributed by atoms with Gasteiger partial charge in [0.25, 0.3) is 0 Å². The smallest absolute Gasteiger partial charge is 0.329 e. The van der Waals surface area contributed by atoms with Crippen LogP contribution >= 0.6 is 15.9 Å². The zero-order valence-electron chi connectivity index (χ0n) is 12.6.